The third-order valence-corrected chi connectivity index (χ3v) is 4.12. The zero-order valence-electron chi connectivity index (χ0n) is 12.3. The van der Waals surface area contributed by atoms with Crippen LogP contribution in [-0.4, -0.2) is 50.1 Å². The van der Waals surface area contributed by atoms with E-state index in [4.69, 9.17) is 0 Å². The molecule has 1 heterocycles. The van der Waals surface area contributed by atoms with E-state index in [0.717, 1.165) is 38.8 Å². The first-order valence-electron chi connectivity index (χ1n) is 7.27. The maximum Gasteiger partial charge on any atom is 0.237 e. The molecule has 4 heteroatoms. The molecular formula is C14H29N3O. The molecule has 1 aliphatic heterocycles. The minimum atomic E-state index is 0.0366. The van der Waals surface area contributed by atoms with E-state index in [0.29, 0.717) is 12.0 Å². The molecule has 0 aromatic carbocycles. The van der Waals surface area contributed by atoms with Crippen LogP contribution in [-0.2, 0) is 4.79 Å². The lowest BCUT2D eigenvalue weighted by atomic mass is 9.93. The lowest BCUT2D eigenvalue weighted by Gasteiger charge is -2.31. The Bertz CT molecular complexity index is 245. The van der Waals surface area contributed by atoms with E-state index < -0.39 is 0 Å². The highest BCUT2D eigenvalue weighted by Crippen LogP contribution is 2.16. The number of carbonyl (C=O) groups is 1. The Hall–Kier alpha value is -0.610. The first-order chi connectivity index (χ1) is 8.60. The van der Waals surface area contributed by atoms with Gasteiger partial charge in [0.1, 0.15) is 0 Å². The Kier molecular flexibility index (Phi) is 6.65. The number of amides is 1. The van der Waals surface area contributed by atoms with Gasteiger partial charge in [-0.25, -0.2) is 0 Å². The smallest absolute Gasteiger partial charge is 0.237 e. The van der Waals surface area contributed by atoms with Crippen molar-refractivity contribution in [2.24, 2.45) is 5.92 Å². The molecule has 0 radical (unpaired) electrons. The van der Waals surface area contributed by atoms with Gasteiger partial charge in [-0.05, 0) is 39.4 Å². The van der Waals surface area contributed by atoms with E-state index in [-0.39, 0.29) is 11.9 Å². The first kappa shape index (κ1) is 15.4. The van der Waals surface area contributed by atoms with Gasteiger partial charge in [0.2, 0.25) is 5.91 Å². The van der Waals surface area contributed by atoms with Crippen molar-refractivity contribution >= 4 is 5.91 Å². The molecule has 2 N–H and O–H groups in total. The third-order valence-electron chi connectivity index (χ3n) is 4.12. The second-order valence-electron chi connectivity index (χ2n) is 5.50. The highest BCUT2D eigenvalue weighted by atomic mass is 16.2. The van der Waals surface area contributed by atoms with Crippen LogP contribution in [0.15, 0.2) is 0 Å². The summed E-state index contributed by atoms with van der Waals surface area (Å²) in [5, 5.41) is 6.35. The van der Waals surface area contributed by atoms with E-state index in [9.17, 15) is 4.79 Å². The van der Waals surface area contributed by atoms with Crippen LogP contribution in [0.1, 0.15) is 39.5 Å². The maximum atomic E-state index is 12.0. The Labute approximate surface area is 111 Å². The van der Waals surface area contributed by atoms with Crippen LogP contribution < -0.4 is 10.6 Å². The molecule has 106 valence electrons. The number of hydrogen-bond acceptors (Lipinski definition) is 3. The van der Waals surface area contributed by atoms with Crippen LogP contribution in [0.3, 0.4) is 0 Å². The van der Waals surface area contributed by atoms with Crippen molar-refractivity contribution in [3.8, 4) is 0 Å². The summed E-state index contributed by atoms with van der Waals surface area (Å²) in [6.45, 7) is 6.19. The van der Waals surface area contributed by atoms with Crippen LogP contribution in [0.25, 0.3) is 0 Å². The largest absolute Gasteiger partial charge is 0.353 e. The van der Waals surface area contributed by atoms with Gasteiger partial charge in [-0.1, -0.05) is 26.7 Å². The number of hydrogen-bond donors (Lipinski definition) is 2. The fraction of sp³-hybridized carbons (Fsp3) is 0.929. The van der Waals surface area contributed by atoms with Gasteiger partial charge in [0.05, 0.1) is 6.04 Å². The van der Waals surface area contributed by atoms with Gasteiger partial charge >= 0.3 is 0 Å². The minimum Gasteiger partial charge on any atom is -0.353 e. The van der Waals surface area contributed by atoms with Crippen molar-refractivity contribution in [3.05, 3.63) is 0 Å². The highest BCUT2D eigenvalue weighted by molar-refractivity contribution is 5.82. The van der Waals surface area contributed by atoms with E-state index in [1.165, 1.54) is 0 Å². The average molecular weight is 255 g/mol. The first-order valence-corrected chi connectivity index (χ1v) is 7.27. The topological polar surface area (TPSA) is 44.4 Å². The second-order valence-corrected chi connectivity index (χ2v) is 5.50. The van der Waals surface area contributed by atoms with E-state index in [1.54, 1.807) is 0 Å². The summed E-state index contributed by atoms with van der Waals surface area (Å²) >= 11 is 0. The van der Waals surface area contributed by atoms with E-state index in [1.807, 2.05) is 0 Å². The molecular weight excluding hydrogens is 226 g/mol. The predicted molar refractivity (Wildman–Crippen MR) is 75.6 cm³/mol. The zero-order chi connectivity index (χ0) is 13.5. The summed E-state index contributed by atoms with van der Waals surface area (Å²) in [7, 11) is 4.20. The van der Waals surface area contributed by atoms with Crippen molar-refractivity contribution in [1.29, 1.82) is 0 Å². The fourth-order valence-electron chi connectivity index (χ4n) is 2.84. The molecule has 1 unspecified atom stereocenters. The molecule has 0 aliphatic carbocycles. The molecule has 1 aliphatic rings. The Balaban J connectivity index is 2.43. The quantitative estimate of drug-likeness (QED) is 0.719. The summed E-state index contributed by atoms with van der Waals surface area (Å²) < 4.78 is 0. The number of carbonyl (C=O) groups excluding carboxylic acids is 1. The molecule has 1 saturated heterocycles. The van der Waals surface area contributed by atoms with Crippen LogP contribution in [0.5, 0.6) is 0 Å². The average Bonchev–Trinajstić information content (AvgIpc) is 2.87. The summed E-state index contributed by atoms with van der Waals surface area (Å²) in [6, 6.07) is 0.472. The van der Waals surface area contributed by atoms with Crippen LogP contribution in [0.4, 0.5) is 0 Å². The molecule has 18 heavy (non-hydrogen) atoms. The van der Waals surface area contributed by atoms with Crippen molar-refractivity contribution in [2.75, 3.05) is 27.2 Å². The molecule has 1 rings (SSSR count). The van der Waals surface area contributed by atoms with E-state index in [2.05, 4.69) is 43.5 Å². The van der Waals surface area contributed by atoms with Crippen LogP contribution in [0.2, 0.25) is 0 Å². The molecule has 0 aromatic rings. The fourth-order valence-corrected chi connectivity index (χ4v) is 2.84. The molecule has 1 fully saturated rings. The van der Waals surface area contributed by atoms with Gasteiger partial charge in [0.25, 0.3) is 0 Å². The lowest BCUT2D eigenvalue weighted by molar-refractivity contribution is -0.123. The minimum absolute atomic E-state index is 0.0366. The second kappa shape index (κ2) is 7.74. The molecule has 2 atom stereocenters. The van der Waals surface area contributed by atoms with Crippen molar-refractivity contribution in [1.82, 2.24) is 15.5 Å². The maximum absolute atomic E-state index is 12.0. The molecule has 0 aromatic heterocycles. The highest BCUT2D eigenvalue weighted by Gasteiger charge is 2.25. The number of nitrogens with one attached hydrogen (secondary N) is 2. The van der Waals surface area contributed by atoms with Gasteiger partial charge in [-0.3, -0.25) is 4.79 Å². The summed E-state index contributed by atoms with van der Waals surface area (Å²) in [6.07, 6.45) is 4.42. The Morgan fingerprint density at radius 1 is 1.39 bits per heavy atom. The Morgan fingerprint density at radius 2 is 2.06 bits per heavy atom. The molecule has 1 amide bonds. The summed E-state index contributed by atoms with van der Waals surface area (Å²) in [5.41, 5.74) is 0. The number of likely N-dealkylation sites (N-methyl/N-ethyl adjacent to an activating group) is 1. The molecule has 0 spiro atoms. The third kappa shape index (κ3) is 4.25. The van der Waals surface area contributed by atoms with Crippen molar-refractivity contribution < 1.29 is 4.79 Å². The number of rotatable bonds is 7. The van der Waals surface area contributed by atoms with Gasteiger partial charge in [-0.2, -0.15) is 0 Å². The SMILES string of the molecule is CCC(CC)C(CNC(=O)[C@@H]1CCCN1)N(C)C. The van der Waals surface area contributed by atoms with Gasteiger partial charge in [-0.15, -0.1) is 0 Å². The standard InChI is InChI=1S/C14H29N3O/c1-5-11(6-2)13(17(3)4)10-16-14(18)12-8-7-9-15-12/h11-13,15H,5-10H2,1-4H3,(H,16,18)/t12-,13?/m0/s1. The summed E-state index contributed by atoms with van der Waals surface area (Å²) in [4.78, 5) is 14.2. The van der Waals surface area contributed by atoms with Gasteiger partial charge in [0, 0.05) is 12.6 Å². The normalized spacial score (nSPS) is 21.6. The predicted octanol–water partition coefficient (Wildman–Crippen LogP) is 1.22. The number of nitrogens with zero attached hydrogens (tertiary/aromatic N) is 1. The molecule has 4 nitrogen and oxygen atoms in total. The van der Waals surface area contributed by atoms with E-state index >= 15 is 0 Å². The van der Waals surface area contributed by atoms with Crippen LogP contribution in [0, 0.1) is 5.92 Å². The zero-order valence-corrected chi connectivity index (χ0v) is 12.3. The monoisotopic (exact) mass is 255 g/mol. The van der Waals surface area contributed by atoms with Crippen molar-refractivity contribution in [3.63, 3.8) is 0 Å². The van der Waals surface area contributed by atoms with Crippen molar-refractivity contribution in [2.45, 2.75) is 51.6 Å². The summed E-state index contributed by atoms with van der Waals surface area (Å²) in [5.74, 6) is 0.821. The van der Waals surface area contributed by atoms with Gasteiger partial charge < -0.3 is 15.5 Å². The lowest BCUT2D eigenvalue weighted by Crippen LogP contribution is -2.48. The molecule has 0 bridgehead atoms. The Morgan fingerprint density at radius 3 is 2.50 bits per heavy atom. The van der Waals surface area contributed by atoms with Gasteiger partial charge in [0.15, 0.2) is 0 Å². The molecule has 0 saturated carbocycles. The van der Waals surface area contributed by atoms with Crippen LogP contribution >= 0.6 is 0 Å².